The van der Waals surface area contributed by atoms with Gasteiger partial charge in [0.25, 0.3) is 0 Å². The predicted molar refractivity (Wildman–Crippen MR) is 140 cm³/mol. The molecule has 0 saturated heterocycles. The van der Waals surface area contributed by atoms with Crippen LogP contribution in [0.5, 0.6) is 0 Å². The summed E-state index contributed by atoms with van der Waals surface area (Å²) in [5.74, 6) is -0.728. The van der Waals surface area contributed by atoms with Gasteiger partial charge in [0.2, 0.25) is 21.8 Å². The summed E-state index contributed by atoms with van der Waals surface area (Å²) in [7, 11) is -3.76. The Bertz CT molecular complexity index is 1060. The van der Waals surface area contributed by atoms with Crippen LogP contribution in [-0.4, -0.2) is 50.5 Å². The van der Waals surface area contributed by atoms with Gasteiger partial charge in [-0.3, -0.25) is 13.9 Å². The Balaban J connectivity index is 2.37. The third-order valence-corrected chi connectivity index (χ3v) is 7.20. The number of benzene rings is 2. The molecule has 1 atom stereocenters. The van der Waals surface area contributed by atoms with Crippen LogP contribution in [0.1, 0.15) is 38.7 Å². The van der Waals surface area contributed by atoms with Crippen molar-refractivity contribution >= 4 is 55.1 Å². The fraction of sp³-hybridized carbons (Fsp3) is 0.417. The first-order chi connectivity index (χ1) is 16.1. The molecule has 10 heteroatoms. The normalized spacial score (nSPS) is 12.1. The second-order valence-electron chi connectivity index (χ2n) is 7.96. The molecule has 0 heterocycles. The first kappa shape index (κ1) is 28.1. The van der Waals surface area contributed by atoms with Gasteiger partial charge in [0, 0.05) is 22.6 Å². The Hall–Kier alpha value is -2.10. The first-order valence-electron chi connectivity index (χ1n) is 11.1. The summed E-state index contributed by atoms with van der Waals surface area (Å²) in [6.07, 6.45) is 3.20. The van der Waals surface area contributed by atoms with E-state index < -0.39 is 28.5 Å². The van der Waals surface area contributed by atoms with Gasteiger partial charge in [-0.15, -0.1) is 0 Å². The Labute approximate surface area is 215 Å². The largest absolute Gasteiger partial charge is 0.354 e. The number of nitrogens with zero attached hydrogens (tertiary/aromatic N) is 2. The van der Waals surface area contributed by atoms with Gasteiger partial charge in [-0.25, -0.2) is 8.42 Å². The van der Waals surface area contributed by atoms with E-state index in [9.17, 15) is 18.0 Å². The molecular formula is C24H31BrClN3O4S. The number of anilines is 1. The molecule has 186 valence electrons. The molecular weight excluding hydrogens is 542 g/mol. The lowest BCUT2D eigenvalue weighted by Crippen LogP contribution is -2.52. The number of unbranched alkanes of at least 4 members (excludes halogenated alkanes) is 1. The summed E-state index contributed by atoms with van der Waals surface area (Å²) < 4.78 is 27.0. The number of amides is 2. The zero-order valence-electron chi connectivity index (χ0n) is 19.6. The maximum absolute atomic E-state index is 13.6. The molecule has 0 unspecified atom stereocenters. The molecule has 0 aromatic heterocycles. The standard InChI is InChI=1S/C24H31BrClN3O4S/c1-4-6-15-27-24(31)22(5-2)28(16-18-7-11-20(26)12-8-18)23(30)17-29(34(3,32)33)21-13-9-19(25)10-14-21/h7-14,22H,4-6,15-17H2,1-3H3,(H,27,31)/t22-/m1/s1. The fourth-order valence-corrected chi connectivity index (χ4v) is 4.67. The zero-order valence-corrected chi connectivity index (χ0v) is 22.8. The maximum Gasteiger partial charge on any atom is 0.244 e. The average molecular weight is 573 g/mol. The van der Waals surface area contributed by atoms with Gasteiger partial charge < -0.3 is 10.2 Å². The van der Waals surface area contributed by atoms with E-state index in [-0.39, 0.29) is 12.5 Å². The van der Waals surface area contributed by atoms with Crippen molar-refractivity contribution in [1.29, 1.82) is 0 Å². The maximum atomic E-state index is 13.6. The monoisotopic (exact) mass is 571 g/mol. The van der Waals surface area contributed by atoms with Crippen LogP contribution in [0.2, 0.25) is 5.02 Å². The summed E-state index contributed by atoms with van der Waals surface area (Å²) in [5, 5.41) is 3.46. The minimum atomic E-state index is -3.76. The number of carbonyl (C=O) groups is 2. The Kier molecular flexibility index (Phi) is 10.9. The van der Waals surface area contributed by atoms with Gasteiger partial charge in [-0.1, -0.05) is 59.9 Å². The van der Waals surface area contributed by atoms with Crippen molar-refractivity contribution in [3.8, 4) is 0 Å². The zero-order chi connectivity index (χ0) is 25.3. The Morgan fingerprint density at radius 1 is 1.06 bits per heavy atom. The quantitative estimate of drug-likeness (QED) is 0.377. The number of hydrogen-bond acceptors (Lipinski definition) is 4. The molecule has 0 aliphatic heterocycles. The summed E-state index contributed by atoms with van der Waals surface area (Å²) in [6.45, 7) is 4.10. The highest BCUT2D eigenvalue weighted by Crippen LogP contribution is 2.22. The molecule has 7 nitrogen and oxygen atoms in total. The predicted octanol–water partition coefficient (Wildman–Crippen LogP) is 4.59. The molecule has 2 aromatic carbocycles. The SMILES string of the molecule is CCCCNC(=O)[C@@H](CC)N(Cc1ccc(Cl)cc1)C(=O)CN(c1ccc(Br)cc1)S(C)(=O)=O. The first-order valence-corrected chi connectivity index (χ1v) is 14.1. The van der Waals surface area contributed by atoms with E-state index in [1.807, 2.05) is 13.8 Å². The fourth-order valence-electron chi connectivity index (χ4n) is 3.43. The molecule has 0 radical (unpaired) electrons. The highest BCUT2D eigenvalue weighted by Gasteiger charge is 2.31. The van der Waals surface area contributed by atoms with E-state index in [4.69, 9.17) is 11.6 Å². The third-order valence-electron chi connectivity index (χ3n) is 5.28. The van der Waals surface area contributed by atoms with E-state index in [2.05, 4.69) is 21.2 Å². The number of carbonyl (C=O) groups excluding carboxylic acids is 2. The van der Waals surface area contributed by atoms with E-state index in [0.717, 1.165) is 33.4 Å². The molecule has 2 amide bonds. The van der Waals surface area contributed by atoms with E-state index in [1.54, 1.807) is 48.5 Å². The van der Waals surface area contributed by atoms with Crippen molar-refractivity contribution in [2.75, 3.05) is 23.7 Å². The van der Waals surface area contributed by atoms with Gasteiger partial charge in [0.15, 0.2) is 0 Å². The number of hydrogen-bond donors (Lipinski definition) is 1. The molecule has 1 N–H and O–H groups in total. The van der Waals surface area contributed by atoms with Crippen LogP contribution in [0.25, 0.3) is 0 Å². The molecule has 2 rings (SSSR count). The minimum absolute atomic E-state index is 0.146. The van der Waals surface area contributed by atoms with E-state index in [1.165, 1.54) is 4.90 Å². The molecule has 0 aliphatic carbocycles. The Morgan fingerprint density at radius 3 is 2.21 bits per heavy atom. The highest BCUT2D eigenvalue weighted by atomic mass is 79.9. The molecule has 0 spiro atoms. The number of rotatable bonds is 12. The summed E-state index contributed by atoms with van der Waals surface area (Å²) in [4.78, 5) is 28.0. The number of halogens is 2. The van der Waals surface area contributed by atoms with Crippen molar-refractivity contribution in [3.05, 3.63) is 63.6 Å². The molecule has 0 fully saturated rings. The lowest BCUT2D eigenvalue weighted by molar-refractivity contribution is -0.140. The van der Waals surface area contributed by atoms with Gasteiger partial charge in [-0.2, -0.15) is 0 Å². The van der Waals surface area contributed by atoms with Gasteiger partial charge in [0.05, 0.1) is 11.9 Å². The third kappa shape index (κ3) is 8.29. The summed E-state index contributed by atoms with van der Waals surface area (Å²) >= 11 is 9.33. The molecule has 2 aromatic rings. The van der Waals surface area contributed by atoms with Crippen molar-refractivity contribution in [2.24, 2.45) is 0 Å². The van der Waals surface area contributed by atoms with Gasteiger partial charge >= 0.3 is 0 Å². The molecule has 0 saturated carbocycles. The molecule has 0 aliphatic rings. The van der Waals surface area contributed by atoms with Crippen LogP contribution >= 0.6 is 27.5 Å². The van der Waals surface area contributed by atoms with Crippen LogP contribution in [0.3, 0.4) is 0 Å². The second-order valence-corrected chi connectivity index (χ2v) is 11.2. The molecule has 0 bridgehead atoms. The molecule has 34 heavy (non-hydrogen) atoms. The number of sulfonamides is 1. The number of nitrogens with one attached hydrogen (secondary N) is 1. The lowest BCUT2D eigenvalue weighted by Gasteiger charge is -2.33. The van der Waals surface area contributed by atoms with Crippen LogP contribution in [-0.2, 0) is 26.2 Å². The van der Waals surface area contributed by atoms with Crippen molar-refractivity contribution < 1.29 is 18.0 Å². The van der Waals surface area contributed by atoms with Crippen molar-refractivity contribution in [1.82, 2.24) is 10.2 Å². The minimum Gasteiger partial charge on any atom is -0.354 e. The van der Waals surface area contributed by atoms with Gasteiger partial charge in [-0.05, 0) is 54.8 Å². The smallest absolute Gasteiger partial charge is 0.244 e. The van der Waals surface area contributed by atoms with Crippen LogP contribution in [0, 0.1) is 0 Å². The highest BCUT2D eigenvalue weighted by molar-refractivity contribution is 9.10. The second kappa shape index (κ2) is 13.1. The van der Waals surface area contributed by atoms with Crippen LogP contribution in [0.15, 0.2) is 53.0 Å². The van der Waals surface area contributed by atoms with E-state index >= 15 is 0 Å². The topological polar surface area (TPSA) is 86.8 Å². The lowest BCUT2D eigenvalue weighted by atomic mass is 10.1. The average Bonchev–Trinajstić information content (AvgIpc) is 2.78. The van der Waals surface area contributed by atoms with Gasteiger partial charge in [0.1, 0.15) is 12.6 Å². The van der Waals surface area contributed by atoms with Crippen molar-refractivity contribution in [3.63, 3.8) is 0 Å². The van der Waals surface area contributed by atoms with Crippen LogP contribution < -0.4 is 9.62 Å². The Morgan fingerprint density at radius 2 is 1.68 bits per heavy atom. The summed E-state index contributed by atoms with van der Waals surface area (Å²) in [6, 6.07) is 12.9. The van der Waals surface area contributed by atoms with E-state index in [0.29, 0.717) is 23.7 Å². The van der Waals surface area contributed by atoms with Crippen LogP contribution in [0.4, 0.5) is 5.69 Å². The summed E-state index contributed by atoms with van der Waals surface area (Å²) in [5.41, 5.74) is 1.15. The van der Waals surface area contributed by atoms with Crippen molar-refractivity contribution in [2.45, 2.75) is 45.7 Å².